The lowest BCUT2D eigenvalue weighted by Gasteiger charge is -2.33. The average Bonchev–Trinajstić information content (AvgIpc) is 2.98. The smallest absolute Gasteiger partial charge is 0.247 e. The minimum absolute atomic E-state index is 0.00112. The third-order valence-corrected chi connectivity index (χ3v) is 4.52. The first-order valence-electron chi connectivity index (χ1n) is 8.32. The van der Waals surface area contributed by atoms with Gasteiger partial charge < -0.3 is 4.90 Å². The standard InChI is InChI=1S/C17H22FN5O/c1-12-5-4-8-22(11-12)17(24)16(23-13(2)19-20-21-23)10-14-6-3-7-15(18)9-14/h3,6-7,9,12,16H,4-5,8,10-11H2,1-2H3/t12-,16-/m1/s1. The van der Waals surface area contributed by atoms with Gasteiger partial charge in [0.2, 0.25) is 5.91 Å². The maximum Gasteiger partial charge on any atom is 0.247 e. The number of aryl methyl sites for hydroxylation is 1. The predicted octanol–water partition coefficient (Wildman–Crippen LogP) is 2.16. The van der Waals surface area contributed by atoms with E-state index < -0.39 is 6.04 Å². The molecule has 2 heterocycles. The highest BCUT2D eigenvalue weighted by atomic mass is 19.1. The lowest BCUT2D eigenvalue weighted by molar-refractivity contribution is -0.136. The van der Waals surface area contributed by atoms with E-state index in [4.69, 9.17) is 0 Å². The number of carbonyl (C=O) groups excluding carboxylic acids is 1. The fourth-order valence-electron chi connectivity index (χ4n) is 3.29. The minimum atomic E-state index is -0.549. The number of halogens is 1. The van der Waals surface area contributed by atoms with Crippen molar-refractivity contribution in [2.24, 2.45) is 5.92 Å². The Morgan fingerprint density at radius 1 is 1.46 bits per heavy atom. The summed E-state index contributed by atoms with van der Waals surface area (Å²) in [6, 6.07) is 5.78. The molecule has 0 bridgehead atoms. The third-order valence-electron chi connectivity index (χ3n) is 4.52. The van der Waals surface area contributed by atoms with Gasteiger partial charge in [-0.1, -0.05) is 19.1 Å². The van der Waals surface area contributed by atoms with Crippen molar-refractivity contribution in [3.05, 3.63) is 41.5 Å². The van der Waals surface area contributed by atoms with E-state index in [2.05, 4.69) is 22.4 Å². The van der Waals surface area contributed by atoms with Crippen LogP contribution >= 0.6 is 0 Å². The Bertz CT molecular complexity index is 717. The average molecular weight is 331 g/mol. The lowest BCUT2D eigenvalue weighted by atomic mass is 9.98. The molecule has 1 aliphatic heterocycles. The molecule has 1 aliphatic rings. The molecule has 24 heavy (non-hydrogen) atoms. The number of hydrogen-bond donors (Lipinski definition) is 0. The monoisotopic (exact) mass is 331 g/mol. The van der Waals surface area contributed by atoms with Crippen LogP contribution in [0.1, 0.15) is 37.2 Å². The summed E-state index contributed by atoms with van der Waals surface area (Å²) in [7, 11) is 0. The van der Waals surface area contributed by atoms with E-state index in [0.29, 0.717) is 18.2 Å². The topological polar surface area (TPSA) is 63.9 Å². The van der Waals surface area contributed by atoms with Gasteiger partial charge >= 0.3 is 0 Å². The van der Waals surface area contributed by atoms with Crippen molar-refractivity contribution in [3.63, 3.8) is 0 Å². The molecular formula is C17H22FN5O. The number of hydrogen-bond acceptors (Lipinski definition) is 4. The van der Waals surface area contributed by atoms with Crippen LogP contribution in [0.15, 0.2) is 24.3 Å². The predicted molar refractivity (Wildman–Crippen MR) is 86.7 cm³/mol. The molecule has 0 N–H and O–H groups in total. The maximum atomic E-state index is 13.5. The Labute approximate surface area is 140 Å². The second kappa shape index (κ2) is 7.07. The molecule has 7 heteroatoms. The van der Waals surface area contributed by atoms with E-state index in [9.17, 15) is 9.18 Å². The van der Waals surface area contributed by atoms with Crippen LogP contribution < -0.4 is 0 Å². The van der Waals surface area contributed by atoms with Crippen molar-refractivity contribution in [1.82, 2.24) is 25.1 Å². The van der Waals surface area contributed by atoms with Gasteiger partial charge in [0.1, 0.15) is 17.7 Å². The summed E-state index contributed by atoms with van der Waals surface area (Å²) in [6.07, 6.45) is 2.52. The molecule has 1 saturated heterocycles. The Morgan fingerprint density at radius 2 is 2.29 bits per heavy atom. The summed E-state index contributed by atoms with van der Waals surface area (Å²) in [5, 5.41) is 11.5. The first-order valence-corrected chi connectivity index (χ1v) is 8.32. The number of amides is 1. The van der Waals surface area contributed by atoms with Crippen molar-refractivity contribution in [2.45, 2.75) is 39.2 Å². The number of nitrogens with zero attached hydrogens (tertiary/aromatic N) is 5. The van der Waals surface area contributed by atoms with Crippen molar-refractivity contribution < 1.29 is 9.18 Å². The number of aromatic nitrogens is 4. The molecule has 0 spiro atoms. The Hall–Kier alpha value is -2.31. The molecule has 1 aromatic carbocycles. The van der Waals surface area contributed by atoms with Gasteiger partial charge in [0.05, 0.1) is 0 Å². The van der Waals surface area contributed by atoms with E-state index in [0.717, 1.165) is 31.5 Å². The largest absolute Gasteiger partial charge is 0.341 e. The van der Waals surface area contributed by atoms with Crippen LogP contribution in [-0.4, -0.2) is 44.1 Å². The molecule has 1 amide bonds. The molecule has 2 aromatic rings. The molecule has 1 fully saturated rings. The van der Waals surface area contributed by atoms with Gasteiger partial charge in [-0.3, -0.25) is 4.79 Å². The second-order valence-electron chi connectivity index (χ2n) is 6.55. The highest BCUT2D eigenvalue weighted by Crippen LogP contribution is 2.22. The Kier molecular flexibility index (Phi) is 4.87. The van der Waals surface area contributed by atoms with Gasteiger partial charge in [-0.2, -0.15) is 0 Å². The first kappa shape index (κ1) is 16.5. The highest BCUT2D eigenvalue weighted by Gasteiger charge is 2.31. The first-order chi connectivity index (χ1) is 11.5. The summed E-state index contributed by atoms with van der Waals surface area (Å²) in [5.41, 5.74) is 0.758. The number of carbonyl (C=O) groups is 1. The van der Waals surface area contributed by atoms with Crippen LogP contribution in [0.4, 0.5) is 4.39 Å². The molecule has 0 radical (unpaired) electrons. The van der Waals surface area contributed by atoms with Crippen molar-refractivity contribution in [1.29, 1.82) is 0 Å². The SMILES string of the molecule is Cc1nnnn1[C@H](Cc1cccc(F)c1)C(=O)N1CCC[C@@H](C)C1. The van der Waals surface area contributed by atoms with Crippen LogP contribution in [-0.2, 0) is 11.2 Å². The summed E-state index contributed by atoms with van der Waals surface area (Å²) < 4.78 is 15.1. The Morgan fingerprint density at radius 3 is 2.96 bits per heavy atom. The fourth-order valence-corrected chi connectivity index (χ4v) is 3.29. The molecule has 0 aliphatic carbocycles. The zero-order valence-electron chi connectivity index (χ0n) is 14.0. The molecule has 6 nitrogen and oxygen atoms in total. The quantitative estimate of drug-likeness (QED) is 0.861. The van der Waals surface area contributed by atoms with Gasteiger partial charge in [0.25, 0.3) is 0 Å². The van der Waals surface area contributed by atoms with E-state index in [-0.39, 0.29) is 11.7 Å². The number of tetrazole rings is 1. The molecule has 0 saturated carbocycles. The summed E-state index contributed by atoms with van der Waals surface area (Å²) in [4.78, 5) is 15.0. The van der Waals surface area contributed by atoms with E-state index in [1.807, 2.05) is 11.0 Å². The van der Waals surface area contributed by atoms with Crippen molar-refractivity contribution >= 4 is 5.91 Å². The van der Waals surface area contributed by atoms with E-state index in [1.165, 1.54) is 12.1 Å². The summed E-state index contributed by atoms with van der Waals surface area (Å²) in [6.45, 7) is 5.43. The number of piperidine rings is 1. The molecule has 1 aromatic heterocycles. The molecule has 0 unspecified atom stereocenters. The molecule has 128 valence electrons. The number of likely N-dealkylation sites (tertiary alicyclic amines) is 1. The highest BCUT2D eigenvalue weighted by molar-refractivity contribution is 5.80. The van der Waals surface area contributed by atoms with Crippen LogP contribution in [0.2, 0.25) is 0 Å². The van der Waals surface area contributed by atoms with E-state index in [1.54, 1.807) is 17.7 Å². The van der Waals surface area contributed by atoms with Gasteiger partial charge in [0, 0.05) is 19.5 Å². The zero-order chi connectivity index (χ0) is 17.1. The third kappa shape index (κ3) is 3.60. The van der Waals surface area contributed by atoms with Crippen LogP contribution in [0.25, 0.3) is 0 Å². The van der Waals surface area contributed by atoms with Gasteiger partial charge in [-0.25, -0.2) is 9.07 Å². The van der Waals surface area contributed by atoms with Crippen LogP contribution in [0.3, 0.4) is 0 Å². The number of rotatable bonds is 4. The zero-order valence-corrected chi connectivity index (χ0v) is 14.0. The molecule has 3 rings (SSSR count). The lowest BCUT2D eigenvalue weighted by Crippen LogP contribution is -2.44. The van der Waals surface area contributed by atoms with Crippen LogP contribution in [0, 0.1) is 18.7 Å². The van der Waals surface area contributed by atoms with E-state index >= 15 is 0 Å². The minimum Gasteiger partial charge on any atom is -0.341 e. The van der Waals surface area contributed by atoms with Crippen LogP contribution in [0.5, 0.6) is 0 Å². The van der Waals surface area contributed by atoms with Gasteiger partial charge in [-0.15, -0.1) is 5.10 Å². The second-order valence-corrected chi connectivity index (χ2v) is 6.55. The maximum absolute atomic E-state index is 13.5. The number of benzene rings is 1. The van der Waals surface area contributed by atoms with Gasteiger partial charge in [-0.05, 0) is 53.8 Å². The van der Waals surface area contributed by atoms with Gasteiger partial charge in [0.15, 0.2) is 0 Å². The van der Waals surface area contributed by atoms with Crippen molar-refractivity contribution in [2.75, 3.05) is 13.1 Å². The molecular weight excluding hydrogens is 309 g/mol. The summed E-state index contributed by atoms with van der Waals surface area (Å²) >= 11 is 0. The Balaban J connectivity index is 1.87. The molecule has 2 atom stereocenters. The summed E-state index contributed by atoms with van der Waals surface area (Å²) in [5.74, 6) is 0.766. The van der Waals surface area contributed by atoms with Crippen molar-refractivity contribution in [3.8, 4) is 0 Å². The normalized spacial score (nSPS) is 19.3. The fraction of sp³-hybridized carbons (Fsp3) is 0.529.